The van der Waals surface area contributed by atoms with Gasteiger partial charge in [-0.3, -0.25) is 9.79 Å². The summed E-state index contributed by atoms with van der Waals surface area (Å²) in [6, 6.07) is 0.515. The molecule has 1 aliphatic rings. The molecule has 1 heterocycles. The molecule has 5 heteroatoms. The van der Waals surface area contributed by atoms with Gasteiger partial charge in [0, 0.05) is 17.3 Å². The lowest BCUT2D eigenvalue weighted by Crippen LogP contribution is -2.42. The van der Waals surface area contributed by atoms with Crippen LogP contribution in [0.4, 0.5) is 0 Å². The van der Waals surface area contributed by atoms with Crippen molar-refractivity contribution in [3.05, 3.63) is 0 Å². The first kappa shape index (κ1) is 14.4. The number of hydrogen-bond donors (Lipinski definition) is 2. The highest BCUT2D eigenvalue weighted by Gasteiger charge is 2.17. The molecule has 0 aromatic rings. The van der Waals surface area contributed by atoms with Crippen molar-refractivity contribution in [1.82, 2.24) is 10.6 Å². The number of thioether (sulfide) groups is 1. The minimum absolute atomic E-state index is 0.0222. The summed E-state index contributed by atoms with van der Waals surface area (Å²) in [5.41, 5.74) is -0.184. The van der Waals surface area contributed by atoms with E-state index in [1.807, 2.05) is 20.8 Å². The van der Waals surface area contributed by atoms with Crippen LogP contribution >= 0.6 is 11.8 Å². The molecule has 1 amide bonds. The van der Waals surface area contributed by atoms with Gasteiger partial charge in [-0.2, -0.15) is 0 Å². The van der Waals surface area contributed by atoms with Gasteiger partial charge in [0.05, 0.1) is 0 Å². The molecular weight excluding hydrogens is 234 g/mol. The van der Waals surface area contributed by atoms with Crippen LogP contribution in [0.3, 0.4) is 0 Å². The molecule has 1 saturated heterocycles. The van der Waals surface area contributed by atoms with Crippen molar-refractivity contribution in [1.29, 1.82) is 0 Å². The molecule has 0 saturated carbocycles. The van der Waals surface area contributed by atoms with Crippen LogP contribution in [-0.4, -0.2) is 35.0 Å². The summed E-state index contributed by atoms with van der Waals surface area (Å²) >= 11 is 1.70. The SMILES string of the molecule is CCC1CCSC(=NCC(=O)NC(C)(C)C)N1. The van der Waals surface area contributed by atoms with Gasteiger partial charge >= 0.3 is 0 Å². The maximum absolute atomic E-state index is 11.6. The van der Waals surface area contributed by atoms with Crippen molar-refractivity contribution in [3.8, 4) is 0 Å². The van der Waals surface area contributed by atoms with Crippen molar-refractivity contribution in [3.63, 3.8) is 0 Å². The van der Waals surface area contributed by atoms with E-state index in [1.54, 1.807) is 11.8 Å². The van der Waals surface area contributed by atoms with Crippen molar-refractivity contribution in [2.24, 2.45) is 4.99 Å². The maximum Gasteiger partial charge on any atom is 0.242 e. The molecule has 2 N–H and O–H groups in total. The monoisotopic (exact) mass is 257 g/mol. The van der Waals surface area contributed by atoms with Crippen LogP contribution in [0.1, 0.15) is 40.5 Å². The molecule has 0 bridgehead atoms. The Morgan fingerprint density at radius 3 is 2.88 bits per heavy atom. The summed E-state index contributed by atoms with van der Waals surface area (Å²) in [4.78, 5) is 15.9. The Morgan fingerprint density at radius 1 is 1.59 bits per heavy atom. The molecule has 0 aromatic heterocycles. The first-order chi connectivity index (χ1) is 7.90. The molecular formula is C12H23N3OS. The molecule has 17 heavy (non-hydrogen) atoms. The second-order valence-electron chi connectivity index (χ2n) is 5.31. The predicted octanol–water partition coefficient (Wildman–Crippen LogP) is 1.76. The number of rotatable bonds is 3. The zero-order valence-corrected chi connectivity index (χ0v) is 12.0. The Balaban J connectivity index is 2.40. The first-order valence-electron chi connectivity index (χ1n) is 6.15. The standard InChI is InChI=1S/C12H23N3OS/c1-5-9-6-7-17-11(14-9)13-8-10(16)15-12(2,3)4/h9H,5-8H2,1-4H3,(H,13,14)(H,15,16). The predicted molar refractivity (Wildman–Crippen MR) is 74.5 cm³/mol. The molecule has 98 valence electrons. The van der Waals surface area contributed by atoms with Crippen molar-refractivity contribution < 1.29 is 4.79 Å². The fourth-order valence-corrected chi connectivity index (χ4v) is 2.59. The van der Waals surface area contributed by atoms with E-state index < -0.39 is 0 Å². The summed E-state index contributed by atoms with van der Waals surface area (Å²) in [7, 11) is 0. The van der Waals surface area contributed by atoms with Crippen LogP contribution in [0.5, 0.6) is 0 Å². The summed E-state index contributed by atoms with van der Waals surface area (Å²) < 4.78 is 0. The molecule has 1 fully saturated rings. The number of nitrogens with one attached hydrogen (secondary N) is 2. The number of amides is 1. The highest BCUT2D eigenvalue weighted by Crippen LogP contribution is 2.15. The van der Waals surface area contributed by atoms with Gasteiger partial charge in [-0.05, 0) is 33.6 Å². The Kier molecular flexibility index (Phi) is 5.31. The summed E-state index contributed by atoms with van der Waals surface area (Å²) in [5, 5.41) is 7.16. The minimum Gasteiger partial charge on any atom is -0.362 e. The van der Waals surface area contributed by atoms with E-state index in [-0.39, 0.29) is 18.0 Å². The van der Waals surface area contributed by atoms with E-state index in [2.05, 4.69) is 22.5 Å². The quantitative estimate of drug-likeness (QED) is 0.810. The fourth-order valence-electron chi connectivity index (χ4n) is 1.59. The summed E-state index contributed by atoms with van der Waals surface area (Å²) in [5.74, 6) is 1.07. The third kappa shape index (κ3) is 5.96. The third-order valence-corrected chi connectivity index (χ3v) is 3.37. The molecule has 0 radical (unpaired) electrons. The van der Waals surface area contributed by atoms with Crippen molar-refractivity contribution in [2.45, 2.75) is 52.1 Å². The fraction of sp³-hybridized carbons (Fsp3) is 0.833. The zero-order valence-electron chi connectivity index (χ0n) is 11.2. The van der Waals surface area contributed by atoms with E-state index in [0.29, 0.717) is 6.04 Å². The van der Waals surface area contributed by atoms with E-state index in [4.69, 9.17) is 0 Å². The Hall–Kier alpha value is -0.710. The van der Waals surface area contributed by atoms with E-state index in [0.717, 1.165) is 17.3 Å². The van der Waals surface area contributed by atoms with Crippen LogP contribution in [0.2, 0.25) is 0 Å². The van der Waals surface area contributed by atoms with E-state index >= 15 is 0 Å². The largest absolute Gasteiger partial charge is 0.362 e. The highest BCUT2D eigenvalue weighted by atomic mass is 32.2. The van der Waals surface area contributed by atoms with Crippen LogP contribution in [0.15, 0.2) is 4.99 Å². The van der Waals surface area contributed by atoms with Crippen LogP contribution in [0.25, 0.3) is 0 Å². The average molecular weight is 257 g/mol. The molecule has 1 rings (SSSR count). The van der Waals surface area contributed by atoms with Gasteiger partial charge in [0.1, 0.15) is 6.54 Å². The van der Waals surface area contributed by atoms with Gasteiger partial charge in [0.2, 0.25) is 5.91 Å². The number of amidine groups is 1. The van der Waals surface area contributed by atoms with Gasteiger partial charge < -0.3 is 10.6 Å². The van der Waals surface area contributed by atoms with Crippen LogP contribution in [0, 0.1) is 0 Å². The van der Waals surface area contributed by atoms with Gasteiger partial charge in [-0.1, -0.05) is 18.7 Å². The molecule has 1 unspecified atom stereocenters. The van der Waals surface area contributed by atoms with Crippen molar-refractivity contribution >= 4 is 22.8 Å². The molecule has 1 atom stereocenters. The Morgan fingerprint density at radius 2 is 2.29 bits per heavy atom. The summed E-state index contributed by atoms with van der Waals surface area (Å²) in [6.07, 6.45) is 2.28. The molecule has 0 aliphatic carbocycles. The average Bonchev–Trinajstić information content (AvgIpc) is 2.24. The summed E-state index contributed by atoms with van der Waals surface area (Å²) in [6.45, 7) is 8.29. The Bertz CT molecular complexity index is 297. The number of carbonyl (C=O) groups excluding carboxylic acids is 1. The smallest absolute Gasteiger partial charge is 0.242 e. The van der Waals surface area contributed by atoms with E-state index in [9.17, 15) is 4.79 Å². The topological polar surface area (TPSA) is 53.5 Å². The van der Waals surface area contributed by atoms with Gasteiger partial charge in [0.15, 0.2) is 5.17 Å². The van der Waals surface area contributed by atoms with Crippen LogP contribution < -0.4 is 10.6 Å². The lowest BCUT2D eigenvalue weighted by atomic mass is 10.1. The lowest BCUT2D eigenvalue weighted by Gasteiger charge is -2.24. The number of aliphatic imine (C=N–C) groups is 1. The lowest BCUT2D eigenvalue weighted by molar-refractivity contribution is -0.121. The van der Waals surface area contributed by atoms with Crippen LogP contribution in [-0.2, 0) is 4.79 Å². The van der Waals surface area contributed by atoms with E-state index in [1.165, 1.54) is 6.42 Å². The Labute approximate surface area is 108 Å². The van der Waals surface area contributed by atoms with Gasteiger partial charge in [0.25, 0.3) is 0 Å². The minimum atomic E-state index is -0.184. The maximum atomic E-state index is 11.6. The molecule has 0 spiro atoms. The van der Waals surface area contributed by atoms with Gasteiger partial charge in [-0.15, -0.1) is 0 Å². The first-order valence-corrected chi connectivity index (χ1v) is 7.14. The van der Waals surface area contributed by atoms with Gasteiger partial charge in [-0.25, -0.2) is 0 Å². The molecule has 1 aliphatic heterocycles. The number of hydrogen-bond acceptors (Lipinski definition) is 3. The highest BCUT2D eigenvalue weighted by molar-refractivity contribution is 8.13. The van der Waals surface area contributed by atoms with Crippen molar-refractivity contribution in [2.75, 3.05) is 12.3 Å². The normalized spacial score (nSPS) is 23.3. The third-order valence-electron chi connectivity index (χ3n) is 2.41. The number of nitrogens with zero attached hydrogens (tertiary/aromatic N) is 1. The molecule has 0 aromatic carbocycles. The zero-order chi connectivity index (χ0) is 12.9. The second-order valence-corrected chi connectivity index (χ2v) is 6.39. The molecule has 4 nitrogen and oxygen atoms in total. The number of carbonyl (C=O) groups is 1. The second kappa shape index (κ2) is 6.28.